The molecule has 1 aromatic carbocycles. The quantitative estimate of drug-likeness (QED) is 0.899. The second-order valence-electron chi connectivity index (χ2n) is 4.44. The van der Waals surface area contributed by atoms with Crippen LogP contribution in [0.5, 0.6) is 5.75 Å². The maximum Gasteiger partial charge on any atom is 0.263 e. The Kier molecular flexibility index (Phi) is 4.59. The van der Waals surface area contributed by atoms with Crippen molar-refractivity contribution in [1.29, 1.82) is 0 Å². The number of ether oxygens (including phenoxy) is 1. The van der Waals surface area contributed by atoms with Gasteiger partial charge in [-0.15, -0.1) is 0 Å². The number of halogens is 2. The highest BCUT2D eigenvalue weighted by molar-refractivity contribution is 9.10. The standard InChI is InChI=1S/C13H14BrFN2O3/c1-8(13(19)17-5-4-16-12(18)7-17)20-11-3-2-9(15)6-10(11)14/h2-3,6,8H,4-5,7H2,1H3,(H,16,18). The Morgan fingerprint density at radius 1 is 1.55 bits per heavy atom. The Morgan fingerprint density at radius 3 is 2.95 bits per heavy atom. The molecular weight excluding hydrogens is 331 g/mol. The van der Waals surface area contributed by atoms with Gasteiger partial charge in [-0.25, -0.2) is 4.39 Å². The van der Waals surface area contributed by atoms with E-state index in [1.54, 1.807) is 6.92 Å². The first kappa shape index (κ1) is 14.8. The lowest BCUT2D eigenvalue weighted by atomic mass is 10.2. The second-order valence-corrected chi connectivity index (χ2v) is 5.30. The topological polar surface area (TPSA) is 58.6 Å². The summed E-state index contributed by atoms with van der Waals surface area (Å²) < 4.78 is 18.9. The Labute approximate surface area is 124 Å². The fourth-order valence-electron chi connectivity index (χ4n) is 1.90. The van der Waals surface area contributed by atoms with E-state index in [1.807, 2.05) is 0 Å². The van der Waals surface area contributed by atoms with Gasteiger partial charge in [-0.05, 0) is 41.1 Å². The normalized spacial score (nSPS) is 16.6. The average Bonchev–Trinajstić information content (AvgIpc) is 2.41. The summed E-state index contributed by atoms with van der Waals surface area (Å²) in [5.41, 5.74) is 0. The molecule has 20 heavy (non-hydrogen) atoms. The number of piperazine rings is 1. The molecule has 0 radical (unpaired) electrons. The second kappa shape index (κ2) is 6.21. The molecule has 1 saturated heterocycles. The van der Waals surface area contributed by atoms with Crippen molar-refractivity contribution in [3.05, 3.63) is 28.5 Å². The molecule has 1 unspecified atom stereocenters. The molecule has 1 fully saturated rings. The van der Waals surface area contributed by atoms with E-state index in [0.29, 0.717) is 23.3 Å². The highest BCUT2D eigenvalue weighted by Crippen LogP contribution is 2.26. The van der Waals surface area contributed by atoms with Crippen LogP contribution < -0.4 is 10.1 Å². The summed E-state index contributed by atoms with van der Waals surface area (Å²) in [5.74, 6) is -0.458. The van der Waals surface area contributed by atoms with Crippen LogP contribution in [0.1, 0.15) is 6.92 Å². The molecule has 1 atom stereocenters. The molecule has 1 aromatic rings. The van der Waals surface area contributed by atoms with Crippen LogP contribution in [0, 0.1) is 5.82 Å². The number of benzene rings is 1. The molecule has 1 aliphatic rings. The third kappa shape index (κ3) is 3.47. The third-order valence-corrected chi connectivity index (χ3v) is 3.52. The lowest BCUT2D eigenvalue weighted by Crippen LogP contribution is -2.53. The molecule has 1 heterocycles. The van der Waals surface area contributed by atoms with Gasteiger partial charge in [-0.1, -0.05) is 0 Å². The number of carbonyl (C=O) groups excluding carboxylic acids is 2. The summed E-state index contributed by atoms with van der Waals surface area (Å²) in [7, 11) is 0. The van der Waals surface area contributed by atoms with Crippen molar-refractivity contribution in [3.8, 4) is 5.75 Å². The lowest BCUT2D eigenvalue weighted by Gasteiger charge is -2.29. The number of amides is 2. The van der Waals surface area contributed by atoms with Crippen molar-refractivity contribution >= 4 is 27.7 Å². The van der Waals surface area contributed by atoms with Crippen LogP contribution >= 0.6 is 15.9 Å². The van der Waals surface area contributed by atoms with Crippen molar-refractivity contribution in [2.24, 2.45) is 0 Å². The molecule has 7 heteroatoms. The largest absolute Gasteiger partial charge is 0.480 e. The smallest absolute Gasteiger partial charge is 0.263 e. The van der Waals surface area contributed by atoms with Gasteiger partial charge in [0, 0.05) is 13.1 Å². The summed E-state index contributed by atoms with van der Waals surface area (Å²) in [6.45, 7) is 2.54. The predicted molar refractivity (Wildman–Crippen MR) is 73.8 cm³/mol. The number of hydrogen-bond donors (Lipinski definition) is 1. The van der Waals surface area contributed by atoms with Crippen LogP contribution in [0.4, 0.5) is 4.39 Å². The van der Waals surface area contributed by atoms with Gasteiger partial charge in [-0.2, -0.15) is 0 Å². The van der Waals surface area contributed by atoms with Crippen LogP contribution in [-0.2, 0) is 9.59 Å². The van der Waals surface area contributed by atoms with Crippen LogP contribution in [0.3, 0.4) is 0 Å². The molecule has 0 aromatic heterocycles. The van der Waals surface area contributed by atoms with Gasteiger partial charge in [0.05, 0.1) is 11.0 Å². The first-order valence-corrected chi connectivity index (χ1v) is 6.94. The maximum atomic E-state index is 13.0. The van der Waals surface area contributed by atoms with E-state index < -0.39 is 11.9 Å². The molecule has 1 N–H and O–H groups in total. The molecule has 5 nitrogen and oxygen atoms in total. The number of hydrogen-bond acceptors (Lipinski definition) is 3. The lowest BCUT2D eigenvalue weighted by molar-refractivity contribution is -0.143. The van der Waals surface area contributed by atoms with Gasteiger partial charge in [0.2, 0.25) is 5.91 Å². The van der Waals surface area contributed by atoms with Gasteiger partial charge in [0.25, 0.3) is 5.91 Å². The zero-order valence-corrected chi connectivity index (χ0v) is 12.4. The third-order valence-electron chi connectivity index (χ3n) is 2.90. The first-order chi connectivity index (χ1) is 9.47. The van der Waals surface area contributed by atoms with Gasteiger partial charge >= 0.3 is 0 Å². The summed E-state index contributed by atoms with van der Waals surface area (Å²) in [5, 5.41) is 2.65. The Hall–Kier alpha value is -1.63. The summed E-state index contributed by atoms with van der Waals surface area (Å²) in [6.07, 6.45) is -0.748. The average molecular weight is 345 g/mol. The van der Waals surface area contributed by atoms with Crippen molar-refractivity contribution in [2.75, 3.05) is 19.6 Å². The summed E-state index contributed by atoms with van der Waals surface area (Å²) in [4.78, 5) is 24.9. The molecule has 0 spiro atoms. The SMILES string of the molecule is CC(Oc1ccc(F)cc1Br)C(=O)N1CCNC(=O)C1. The number of rotatable bonds is 3. The zero-order valence-electron chi connectivity index (χ0n) is 10.9. The van der Waals surface area contributed by atoms with Gasteiger partial charge in [0.1, 0.15) is 11.6 Å². The van der Waals surface area contributed by atoms with Crippen molar-refractivity contribution in [1.82, 2.24) is 10.2 Å². The fraction of sp³-hybridized carbons (Fsp3) is 0.385. The highest BCUT2D eigenvalue weighted by Gasteiger charge is 2.26. The van der Waals surface area contributed by atoms with Crippen molar-refractivity contribution in [3.63, 3.8) is 0 Å². The molecular formula is C13H14BrFN2O3. The first-order valence-electron chi connectivity index (χ1n) is 6.14. The predicted octanol–water partition coefficient (Wildman–Crippen LogP) is 1.31. The minimum absolute atomic E-state index is 0.0388. The molecule has 1 aliphatic heterocycles. The number of nitrogens with one attached hydrogen (secondary N) is 1. The molecule has 2 rings (SSSR count). The van der Waals surface area contributed by atoms with E-state index in [0.717, 1.165) is 0 Å². The molecule has 0 aliphatic carbocycles. The summed E-state index contributed by atoms with van der Waals surface area (Å²) in [6, 6.07) is 3.97. The van der Waals surface area contributed by atoms with Crippen LogP contribution in [0.15, 0.2) is 22.7 Å². The number of nitrogens with zero attached hydrogens (tertiary/aromatic N) is 1. The molecule has 2 amide bonds. The van der Waals surface area contributed by atoms with Crippen LogP contribution in [0.2, 0.25) is 0 Å². The summed E-state index contributed by atoms with van der Waals surface area (Å²) >= 11 is 3.18. The molecule has 108 valence electrons. The number of carbonyl (C=O) groups is 2. The molecule has 0 saturated carbocycles. The van der Waals surface area contributed by atoms with Crippen LogP contribution in [-0.4, -0.2) is 42.5 Å². The highest BCUT2D eigenvalue weighted by atomic mass is 79.9. The van der Waals surface area contributed by atoms with Crippen LogP contribution in [0.25, 0.3) is 0 Å². The minimum Gasteiger partial charge on any atom is -0.480 e. The van der Waals surface area contributed by atoms with Crippen molar-refractivity contribution in [2.45, 2.75) is 13.0 Å². The van der Waals surface area contributed by atoms with Gasteiger partial charge in [-0.3, -0.25) is 9.59 Å². The fourth-order valence-corrected chi connectivity index (χ4v) is 2.34. The Morgan fingerprint density at radius 2 is 2.30 bits per heavy atom. The van der Waals surface area contributed by atoms with E-state index in [4.69, 9.17) is 4.74 Å². The van der Waals surface area contributed by atoms with E-state index in [1.165, 1.54) is 23.1 Å². The Balaban J connectivity index is 2.01. The maximum absolute atomic E-state index is 13.0. The van der Waals surface area contributed by atoms with E-state index >= 15 is 0 Å². The van der Waals surface area contributed by atoms with E-state index in [9.17, 15) is 14.0 Å². The zero-order chi connectivity index (χ0) is 14.7. The van der Waals surface area contributed by atoms with Gasteiger partial charge < -0.3 is 15.0 Å². The van der Waals surface area contributed by atoms with E-state index in [2.05, 4.69) is 21.2 Å². The van der Waals surface area contributed by atoms with Crippen molar-refractivity contribution < 1.29 is 18.7 Å². The van der Waals surface area contributed by atoms with E-state index in [-0.39, 0.29) is 18.4 Å². The minimum atomic E-state index is -0.748. The van der Waals surface area contributed by atoms with Gasteiger partial charge in [0.15, 0.2) is 6.10 Å². The monoisotopic (exact) mass is 344 g/mol. The Bertz CT molecular complexity index is 538. The molecule has 0 bridgehead atoms.